The molecule has 19 heavy (non-hydrogen) atoms. The lowest BCUT2D eigenvalue weighted by atomic mass is 10.0. The first-order valence-corrected chi connectivity index (χ1v) is 6.21. The Labute approximate surface area is 122 Å². The van der Waals surface area contributed by atoms with Gasteiger partial charge in [0.15, 0.2) is 11.5 Å². The maximum atomic E-state index is 5.92. The van der Waals surface area contributed by atoms with Crippen molar-refractivity contribution >= 4 is 24.0 Å². The molecule has 4 nitrogen and oxygen atoms in total. The van der Waals surface area contributed by atoms with E-state index in [-0.39, 0.29) is 19.2 Å². The minimum Gasteiger partial charge on any atom is -0.454 e. The fourth-order valence-electron chi connectivity index (χ4n) is 2.11. The lowest BCUT2D eigenvalue weighted by molar-refractivity contribution is 0.174. The van der Waals surface area contributed by atoms with Crippen LogP contribution in [0.2, 0.25) is 0 Å². The van der Waals surface area contributed by atoms with Crippen LogP contribution in [0, 0.1) is 6.92 Å². The minimum atomic E-state index is 0. The van der Waals surface area contributed by atoms with Crippen molar-refractivity contribution in [2.75, 3.05) is 6.79 Å². The fourth-order valence-corrected chi connectivity index (χ4v) is 2.26. The molecule has 2 heterocycles. The van der Waals surface area contributed by atoms with Gasteiger partial charge in [-0.1, -0.05) is 0 Å². The molecule has 0 fully saturated rings. The number of rotatable bonds is 2. The van der Waals surface area contributed by atoms with E-state index in [9.17, 15) is 0 Å². The summed E-state index contributed by atoms with van der Waals surface area (Å²) in [7, 11) is 1.92. The fraction of sp³-hybridized carbons (Fsp3) is 0.308. The van der Waals surface area contributed by atoms with Gasteiger partial charge < -0.3 is 9.47 Å². The number of aryl methyl sites for hydroxylation is 1. The second-order valence-electron chi connectivity index (χ2n) is 4.28. The van der Waals surface area contributed by atoms with Gasteiger partial charge in [0.2, 0.25) is 6.79 Å². The summed E-state index contributed by atoms with van der Waals surface area (Å²) in [5.41, 5.74) is 4.14. The van der Waals surface area contributed by atoms with Gasteiger partial charge in [-0.25, -0.2) is 0 Å². The average molecular weight is 301 g/mol. The molecule has 2 aromatic rings. The van der Waals surface area contributed by atoms with Crippen LogP contribution in [0.5, 0.6) is 11.5 Å². The number of nitrogens with zero attached hydrogens (tertiary/aromatic N) is 2. The van der Waals surface area contributed by atoms with Crippen molar-refractivity contribution in [3.05, 3.63) is 29.6 Å². The van der Waals surface area contributed by atoms with Gasteiger partial charge in [-0.15, -0.1) is 24.0 Å². The molecule has 0 aliphatic carbocycles. The van der Waals surface area contributed by atoms with Crippen molar-refractivity contribution in [1.82, 2.24) is 9.78 Å². The molecule has 0 N–H and O–H groups in total. The van der Waals surface area contributed by atoms with Gasteiger partial charge in [-0.3, -0.25) is 4.68 Å². The highest BCUT2D eigenvalue weighted by Gasteiger charge is 2.22. The van der Waals surface area contributed by atoms with E-state index in [1.165, 1.54) is 0 Å². The lowest BCUT2D eigenvalue weighted by Gasteiger charge is -2.08. The first kappa shape index (κ1) is 14.0. The molecule has 0 spiro atoms. The quantitative estimate of drug-likeness (QED) is 0.799. The molecule has 0 bridgehead atoms. The van der Waals surface area contributed by atoms with Gasteiger partial charge in [0.25, 0.3) is 0 Å². The lowest BCUT2D eigenvalue weighted by Crippen LogP contribution is -1.94. The Morgan fingerprint density at radius 3 is 2.74 bits per heavy atom. The SMILES string of the molecule is Cc1c(-c2cc(CCl)cc3c2OCO3)cnn1C.Cl. The topological polar surface area (TPSA) is 36.3 Å². The van der Waals surface area contributed by atoms with Gasteiger partial charge in [0.1, 0.15) is 0 Å². The number of ether oxygens (including phenoxy) is 2. The number of hydrogen-bond acceptors (Lipinski definition) is 3. The molecule has 0 saturated heterocycles. The van der Waals surface area contributed by atoms with Crippen molar-refractivity contribution < 1.29 is 9.47 Å². The summed E-state index contributed by atoms with van der Waals surface area (Å²) >= 11 is 5.92. The highest BCUT2D eigenvalue weighted by atomic mass is 35.5. The Bertz CT molecular complexity index is 611. The third kappa shape index (κ3) is 2.26. The Morgan fingerprint density at radius 1 is 1.32 bits per heavy atom. The van der Waals surface area contributed by atoms with Crippen LogP contribution in [0.1, 0.15) is 11.3 Å². The van der Waals surface area contributed by atoms with Crippen LogP contribution in [-0.4, -0.2) is 16.6 Å². The van der Waals surface area contributed by atoms with Crippen molar-refractivity contribution in [3.63, 3.8) is 0 Å². The third-order valence-electron chi connectivity index (χ3n) is 3.21. The first-order chi connectivity index (χ1) is 8.70. The van der Waals surface area contributed by atoms with Crippen molar-refractivity contribution in [1.29, 1.82) is 0 Å². The zero-order chi connectivity index (χ0) is 12.7. The van der Waals surface area contributed by atoms with Crippen LogP contribution in [0.4, 0.5) is 0 Å². The van der Waals surface area contributed by atoms with Crippen LogP contribution in [0.15, 0.2) is 18.3 Å². The summed E-state index contributed by atoms with van der Waals surface area (Å²) < 4.78 is 12.8. The number of aromatic nitrogens is 2. The zero-order valence-electron chi connectivity index (χ0n) is 10.6. The van der Waals surface area contributed by atoms with E-state index >= 15 is 0 Å². The molecule has 1 aromatic carbocycles. The number of hydrogen-bond donors (Lipinski definition) is 0. The number of alkyl halides is 1. The second-order valence-corrected chi connectivity index (χ2v) is 4.55. The Balaban J connectivity index is 0.00000133. The standard InChI is InChI=1S/C13H13ClN2O2.ClH/c1-8-11(6-15-16(8)2)10-3-9(5-14)4-12-13(10)18-7-17-12;/h3-4,6H,5,7H2,1-2H3;1H. The van der Waals surface area contributed by atoms with E-state index in [1.807, 2.05) is 37.0 Å². The third-order valence-corrected chi connectivity index (χ3v) is 3.52. The molecule has 0 amide bonds. The summed E-state index contributed by atoms with van der Waals surface area (Å²) in [5, 5.41) is 4.26. The monoisotopic (exact) mass is 300 g/mol. The van der Waals surface area contributed by atoms with Gasteiger partial charge >= 0.3 is 0 Å². The molecule has 0 unspecified atom stereocenters. The van der Waals surface area contributed by atoms with Crippen LogP contribution < -0.4 is 9.47 Å². The van der Waals surface area contributed by atoms with E-state index in [4.69, 9.17) is 21.1 Å². The minimum absolute atomic E-state index is 0. The summed E-state index contributed by atoms with van der Waals surface area (Å²) in [6, 6.07) is 3.95. The Kier molecular flexibility index (Phi) is 3.92. The molecule has 102 valence electrons. The van der Waals surface area contributed by atoms with Gasteiger partial charge in [-0.2, -0.15) is 5.10 Å². The van der Waals surface area contributed by atoms with Crippen molar-refractivity contribution in [3.8, 4) is 22.6 Å². The molecule has 3 rings (SSSR count). The van der Waals surface area contributed by atoms with Gasteiger partial charge in [0.05, 0.1) is 6.20 Å². The maximum absolute atomic E-state index is 5.92. The number of halogens is 2. The molecule has 1 aliphatic heterocycles. The smallest absolute Gasteiger partial charge is 0.231 e. The van der Waals surface area contributed by atoms with Crippen molar-refractivity contribution in [2.45, 2.75) is 12.8 Å². The van der Waals surface area contributed by atoms with Crippen LogP contribution in [0.3, 0.4) is 0 Å². The highest BCUT2D eigenvalue weighted by molar-refractivity contribution is 6.17. The molecule has 0 saturated carbocycles. The molecular formula is C13H14Cl2N2O2. The molecule has 0 radical (unpaired) electrons. The largest absolute Gasteiger partial charge is 0.454 e. The number of fused-ring (bicyclic) bond motifs is 1. The van der Waals surface area contributed by atoms with Crippen LogP contribution in [-0.2, 0) is 12.9 Å². The zero-order valence-corrected chi connectivity index (χ0v) is 12.2. The normalized spacial score (nSPS) is 12.4. The number of benzene rings is 1. The van der Waals surface area contributed by atoms with E-state index < -0.39 is 0 Å². The summed E-state index contributed by atoms with van der Waals surface area (Å²) in [5.74, 6) is 1.98. The Hall–Kier alpha value is -1.39. The van der Waals surface area contributed by atoms with E-state index in [0.29, 0.717) is 5.88 Å². The summed E-state index contributed by atoms with van der Waals surface area (Å²) in [4.78, 5) is 0. The predicted octanol–water partition coefficient (Wildman–Crippen LogP) is 3.28. The van der Waals surface area contributed by atoms with Gasteiger partial charge in [-0.05, 0) is 24.6 Å². The highest BCUT2D eigenvalue weighted by Crippen LogP contribution is 2.43. The van der Waals surface area contributed by atoms with Crippen LogP contribution >= 0.6 is 24.0 Å². The molecule has 0 atom stereocenters. The molecule has 6 heteroatoms. The first-order valence-electron chi connectivity index (χ1n) is 5.68. The maximum Gasteiger partial charge on any atom is 0.231 e. The Morgan fingerprint density at radius 2 is 2.11 bits per heavy atom. The summed E-state index contributed by atoms with van der Waals surface area (Å²) in [6.07, 6.45) is 1.84. The average Bonchev–Trinajstić information content (AvgIpc) is 2.97. The summed E-state index contributed by atoms with van der Waals surface area (Å²) in [6.45, 7) is 2.28. The van der Waals surface area contributed by atoms with E-state index in [0.717, 1.165) is 33.9 Å². The van der Waals surface area contributed by atoms with Crippen molar-refractivity contribution in [2.24, 2.45) is 7.05 Å². The molecule has 1 aliphatic rings. The molecular weight excluding hydrogens is 287 g/mol. The molecule has 1 aromatic heterocycles. The van der Waals surface area contributed by atoms with Gasteiger partial charge in [0, 0.05) is 29.7 Å². The van der Waals surface area contributed by atoms with E-state index in [1.54, 1.807) is 0 Å². The second kappa shape index (κ2) is 5.31. The van der Waals surface area contributed by atoms with Crippen LogP contribution in [0.25, 0.3) is 11.1 Å². The predicted molar refractivity (Wildman–Crippen MR) is 76.3 cm³/mol. The van der Waals surface area contributed by atoms with E-state index in [2.05, 4.69) is 5.10 Å².